The SMILES string of the molecule is COc1ccc2c(c1)CCC(c1ccc(F)cc1)=C2c1ccc(O)cc1. The molecule has 1 aliphatic rings. The fourth-order valence-corrected chi connectivity index (χ4v) is 3.59. The van der Waals surface area contributed by atoms with Crippen molar-refractivity contribution in [2.24, 2.45) is 0 Å². The zero-order valence-electron chi connectivity index (χ0n) is 14.5. The number of phenols is 1. The van der Waals surface area contributed by atoms with E-state index in [1.165, 1.54) is 23.3 Å². The Hall–Kier alpha value is -3.07. The molecular formula is C23H19FO2. The Morgan fingerprint density at radius 2 is 1.54 bits per heavy atom. The second-order valence-electron chi connectivity index (χ2n) is 6.43. The molecule has 0 radical (unpaired) electrons. The van der Waals surface area contributed by atoms with Crippen molar-refractivity contribution in [3.05, 3.63) is 94.8 Å². The van der Waals surface area contributed by atoms with Crippen molar-refractivity contribution < 1.29 is 14.2 Å². The fraction of sp³-hybridized carbons (Fsp3) is 0.130. The summed E-state index contributed by atoms with van der Waals surface area (Å²) in [6.07, 6.45) is 1.77. The van der Waals surface area contributed by atoms with Crippen molar-refractivity contribution in [1.29, 1.82) is 0 Å². The van der Waals surface area contributed by atoms with Crippen LogP contribution in [0.3, 0.4) is 0 Å². The third-order valence-electron chi connectivity index (χ3n) is 4.88. The standard InChI is InChI=1S/C23H19FO2/c1-26-20-11-13-22-17(14-20)6-12-21(15-2-7-18(24)8-3-15)23(22)16-4-9-19(25)10-5-16/h2-5,7-11,13-14,25H,6,12H2,1H3. The Balaban J connectivity index is 1.95. The number of hydrogen-bond donors (Lipinski definition) is 1. The van der Waals surface area contributed by atoms with Crippen LogP contribution in [0.5, 0.6) is 11.5 Å². The van der Waals surface area contributed by atoms with E-state index < -0.39 is 0 Å². The highest BCUT2D eigenvalue weighted by Crippen LogP contribution is 2.42. The van der Waals surface area contributed by atoms with Crippen molar-refractivity contribution in [2.75, 3.05) is 7.11 Å². The van der Waals surface area contributed by atoms with Crippen LogP contribution in [-0.4, -0.2) is 12.2 Å². The molecule has 1 N–H and O–H groups in total. The average molecular weight is 346 g/mol. The van der Waals surface area contributed by atoms with Gasteiger partial charge in [0.15, 0.2) is 0 Å². The summed E-state index contributed by atoms with van der Waals surface area (Å²) in [5, 5.41) is 9.66. The van der Waals surface area contributed by atoms with Crippen LogP contribution in [0.4, 0.5) is 4.39 Å². The largest absolute Gasteiger partial charge is 0.508 e. The van der Waals surface area contributed by atoms with Crippen LogP contribution in [0.15, 0.2) is 66.7 Å². The van der Waals surface area contributed by atoms with Gasteiger partial charge >= 0.3 is 0 Å². The fourth-order valence-electron chi connectivity index (χ4n) is 3.59. The van der Waals surface area contributed by atoms with Gasteiger partial charge in [-0.3, -0.25) is 0 Å². The number of aryl methyl sites for hydroxylation is 1. The van der Waals surface area contributed by atoms with Gasteiger partial charge in [-0.1, -0.05) is 30.3 Å². The van der Waals surface area contributed by atoms with Gasteiger partial charge in [-0.25, -0.2) is 4.39 Å². The first kappa shape index (κ1) is 16.4. The predicted molar refractivity (Wildman–Crippen MR) is 102 cm³/mol. The quantitative estimate of drug-likeness (QED) is 0.684. The van der Waals surface area contributed by atoms with Crippen molar-refractivity contribution in [3.8, 4) is 11.5 Å². The Morgan fingerprint density at radius 3 is 2.23 bits per heavy atom. The highest BCUT2D eigenvalue weighted by Gasteiger charge is 2.22. The number of phenolic OH excluding ortho intramolecular Hbond substituents is 1. The number of rotatable bonds is 3. The van der Waals surface area contributed by atoms with Gasteiger partial charge in [0.2, 0.25) is 0 Å². The van der Waals surface area contributed by atoms with E-state index >= 15 is 0 Å². The molecule has 0 aromatic heterocycles. The molecule has 130 valence electrons. The number of methoxy groups -OCH3 is 1. The van der Waals surface area contributed by atoms with E-state index in [-0.39, 0.29) is 11.6 Å². The summed E-state index contributed by atoms with van der Waals surface area (Å²) in [6.45, 7) is 0. The third-order valence-corrected chi connectivity index (χ3v) is 4.88. The van der Waals surface area contributed by atoms with Gasteiger partial charge in [0.1, 0.15) is 17.3 Å². The lowest BCUT2D eigenvalue weighted by Gasteiger charge is -2.25. The lowest BCUT2D eigenvalue weighted by Crippen LogP contribution is -2.06. The first-order chi connectivity index (χ1) is 12.7. The Labute approximate surface area is 152 Å². The molecule has 26 heavy (non-hydrogen) atoms. The van der Waals surface area contributed by atoms with Crippen LogP contribution in [0.1, 0.15) is 28.7 Å². The van der Waals surface area contributed by atoms with E-state index in [4.69, 9.17) is 4.74 Å². The molecule has 3 aromatic rings. The lowest BCUT2D eigenvalue weighted by molar-refractivity contribution is 0.414. The number of aromatic hydroxyl groups is 1. The minimum atomic E-state index is -0.235. The monoisotopic (exact) mass is 346 g/mol. The highest BCUT2D eigenvalue weighted by molar-refractivity contribution is 6.00. The van der Waals surface area contributed by atoms with Gasteiger partial charge in [-0.15, -0.1) is 0 Å². The maximum atomic E-state index is 13.4. The molecule has 2 nitrogen and oxygen atoms in total. The smallest absolute Gasteiger partial charge is 0.123 e. The molecule has 0 aliphatic heterocycles. The number of hydrogen-bond acceptors (Lipinski definition) is 2. The maximum absolute atomic E-state index is 13.4. The number of fused-ring (bicyclic) bond motifs is 1. The van der Waals surface area contributed by atoms with Crippen LogP contribution < -0.4 is 4.74 Å². The second kappa shape index (κ2) is 6.68. The van der Waals surface area contributed by atoms with Crippen LogP contribution in [0, 0.1) is 5.82 Å². The number of ether oxygens (including phenoxy) is 1. The average Bonchev–Trinajstić information content (AvgIpc) is 2.68. The molecule has 0 heterocycles. The second-order valence-corrected chi connectivity index (χ2v) is 6.43. The molecule has 0 fully saturated rings. The third kappa shape index (κ3) is 2.97. The van der Waals surface area contributed by atoms with Crippen molar-refractivity contribution >= 4 is 11.1 Å². The Kier molecular flexibility index (Phi) is 4.21. The summed E-state index contributed by atoms with van der Waals surface area (Å²) < 4.78 is 18.8. The summed E-state index contributed by atoms with van der Waals surface area (Å²) in [6, 6.07) is 20.0. The van der Waals surface area contributed by atoms with Gasteiger partial charge < -0.3 is 9.84 Å². The van der Waals surface area contributed by atoms with Crippen LogP contribution in [-0.2, 0) is 6.42 Å². The molecule has 3 heteroatoms. The molecule has 3 aromatic carbocycles. The highest BCUT2D eigenvalue weighted by atomic mass is 19.1. The van der Waals surface area contributed by atoms with Gasteiger partial charge in [0.25, 0.3) is 0 Å². The molecule has 4 rings (SSSR count). The van der Waals surface area contributed by atoms with Crippen LogP contribution in [0.2, 0.25) is 0 Å². The summed E-state index contributed by atoms with van der Waals surface area (Å²) in [5.74, 6) is 0.851. The molecule has 0 bridgehead atoms. The first-order valence-electron chi connectivity index (χ1n) is 8.61. The zero-order chi connectivity index (χ0) is 18.1. The number of halogens is 1. The van der Waals surface area contributed by atoms with Gasteiger partial charge in [-0.05, 0) is 82.6 Å². The number of allylic oxidation sites excluding steroid dienone is 1. The molecular weight excluding hydrogens is 327 g/mol. The molecule has 0 saturated heterocycles. The Bertz CT molecular complexity index is 970. The molecule has 1 aliphatic carbocycles. The van der Waals surface area contributed by atoms with E-state index in [2.05, 4.69) is 12.1 Å². The molecule has 0 saturated carbocycles. The molecule has 0 amide bonds. The molecule has 0 unspecified atom stereocenters. The van der Waals surface area contributed by atoms with Crippen molar-refractivity contribution in [3.63, 3.8) is 0 Å². The van der Waals surface area contributed by atoms with E-state index in [9.17, 15) is 9.50 Å². The molecule has 0 spiro atoms. The maximum Gasteiger partial charge on any atom is 0.123 e. The lowest BCUT2D eigenvalue weighted by atomic mass is 9.79. The normalized spacial score (nSPS) is 13.5. The first-order valence-corrected chi connectivity index (χ1v) is 8.61. The summed E-state index contributed by atoms with van der Waals surface area (Å²) >= 11 is 0. The van der Waals surface area contributed by atoms with Gasteiger partial charge in [0.05, 0.1) is 7.11 Å². The van der Waals surface area contributed by atoms with E-state index in [1.54, 1.807) is 19.2 Å². The van der Waals surface area contributed by atoms with Gasteiger partial charge in [0, 0.05) is 0 Å². The summed E-state index contributed by atoms with van der Waals surface area (Å²) in [7, 11) is 1.67. The van der Waals surface area contributed by atoms with Crippen molar-refractivity contribution in [2.45, 2.75) is 12.8 Å². The van der Waals surface area contributed by atoms with E-state index in [0.717, 1.165) is 40.9 Å². The van der Waals surface area contributed by atoms with Crippen LogP contribution in [0.25, 0.3) is 11.1 Å². The van der Waals surface area contributed by atoms with E-state index in [1.807, 2.05) is 30.3 Å². The van der Waals surface area contributed by atoms with Crippen molar-refractivity contribution in [1.82, 2.24) is 0 Å². The number of benzene rings is 3. The summed E-state index contributed by atoms with van der Waals surface area (Å²) in [5.41, 5.74) is 6.76. The zero-order valence-corrected chi connectivity index (χ0v) is 14.5. The summed E-state index contributed by atoms with van der Waals surface area (Å²) in [4.78, 5) is 0. The van der Waals surface area contributed by atoms with Gasteiger partial charge in [-0.2, -0.15) is 0 Å². The topological polar surface area (TPSA) is 29.5 Å². The predicted octanol–water partition coefficient (Wildman–Crippen LogP) is 5.45. The minimum absolute atomic E-state index is 0.235. The minimum Gasteiger partial charge on any atom is -0.508 e. The van der Waals surface area contributed by atoms with Crippen LogP contribution >= 0.6 is 0 Å². The van der Waals surface area contributed by atoms with E-state index in [0.29, 0.717) is 0 Å². The molecule has 0 atom stereocenters. The Morgan fingerprint density at radius 1 is 0.846 bits per heavy atom.